The zero-order valence-corrected chi connectivity index (χ0v) is 15.0. The first-order chi connectivity index (χ1) is 12.7. The molecule has 0 unspecified atom stereocenters. The highest BCUT2D eigenvalue weighted by atomic mass is 35.5. The van der Waals surface area contributed by atoms with Crippen LogP contribution in [0.1, 0.15) is 0 Å². The van der Waals surface area contributed by atoms with Crippen LogP contribution in [-0.2, 0) is 0 Å². The molecular weight excluding hydrogens is 344 g/mol. The number of methoxy groups -OCH3 is 1. The Balaban J connectivity index is 1.85. The Kier molecular flexibility index (Phi) is 4.46. The summed E-state index contributed by atoms with van der Waals surface area (Å²) < 4.78 is 7.21. The number of hydrogen-bond acceptors (Lipinski definition) is 2. The van der Waals surface area contributed by atoms with Gasteiger partial charge in [0.15, 0.2) is 0 Å². The van der Waals surface area contributed by atoms with E-state index in [2.05, 4.69) is 6.07 Å². The summed E-state index contributed by atoms with van der Waals surface area (Å²) in [4.78, 5) is 0. The van der Waals surface area contributed by atoms with Gasteiger partial charge < -0.3 is 4.74 Å². The molecule has 0 atom stereocenters. The Bertz CT molecular complexity index is 1010. The maximum absolute atomic E-state index is 6.05. The molecule has 3 nitrogen and oxygen atoms in total. The van der Waals surface area contributed by atoms with E-state index < -0.39 is 0 Å². The van der Waals surface area contributed by atoms with Gasteiger partial charge in [0.25, 0.3) is 0 Å². The van der Waals surface area contributed by atoms with E-state index in [1.165, 1.54) is 0 Å². The van der Waals surface area contributed by atoms with Crippen LogP contribution in [0.5, 0.6) is 5.75 Å². The Hall–Kier alpha value is -3.04. The average molecular weight is 361 g/mol. The lowest BCUT2D eigenvalue weighted by Crippen LogP contribution is -1.98. The van der Waals surface area contributed by atoms with Crippen LogP contribution in [0.2, 0.25) is 5.02 Å². The summed E-state index contributed by atoms with van der Waals surface area (Å²) in [6, 6.07) is 27.9. The Morgan fingerprint density at radius 3 is 2.12 bits per heavy atom. The highest BCUT2D eigenvalue weighted by Crippen LogP contribution is 2.30. The highest BCUT2D eigenvalue weighted by molar-refractivity contribution is 6.30. The fourth-order valence-corrected chi connectivity index (χ4v) is 3.00. The van der Waals surface area contributed by atoms with E-state index in [0.29, 0.717) is 0 Å². The first kappa shape index (κ1) is 16.4. The first-order valence-electron chi connectivity index (χ1n) is 8.30. The van der Waals surface area contributed by atoms with Crippen molar-refractivity contribution in [3.8, 4) is 34.0 Å². The van der Waals surface area contributed by atoms with Crippen LogP contribution in [0.15, 0.2) is 84.9 Å². The Labute approximate surface area is 157 Å². The second kappa shape index (κ2) is 7.06. The normalized spacial score (nSPS) is 10.7. The second-order valence-electron chi connectivity index (χ2n) is 5.90. The molecule has 0 saturated carbocycles. The molecule has 1 aromatic heterocycles. The zero-order valence-electron chi connectivity index (χ0n) is 14.3. The molecule has 0 aliphatic rings. The third-order valence-electron chi connectivity index (χ3n) is 4.24. The van der Waals surface area contributed by atoms with Gasteiger partial charge in [0.1, 0.15) is 5.75 Å². The second-order valence-corrected chi connectivity index (χ2v) is 6.33. The molecule has 1 heterocycles. The van der Waals surface area contributed by atoms with Crippen molar-refractivity contribution >= 4 is 11.6 Å². The number of ether oxygens (including phenoxy) is 1. The first-order valence-corrected chi connectivity index (χ1v) is 8.68. The lowest BCUT2D eigenvalue weighted by Gasteiger charge is -2.07. The van der Waals surface area contributed by atoms with Crippen molar-refractivity contribution < 1.29 is 4.74 Å². The van der Waals surface area contributed by atoms with Crippen LogP contribution >= 0.6 is 11.6 Å². The number of hydrogen-bond donors (Lipinski definition) is 0. The molecule has 0 N–H and O–H groups in total. The van der Waals surface area contributed by atoms with Gasteiger partial charge >= 0.3 is 0 Å². The number of aromatic nitrogens is 2. The molecular formula is C22H17ClN2O. The predicted octanol–water partition coefficient (Wildman–Crippen LogP) is 5.87. The van der Waals surface area contributed by atoms with Crippen LogP contribution in [0.3, 0.4) is 0 Å². The van der Waals surface area contributed by atoms with E-state index in [9.17, 15) is 0 Å². The molecule has 4 heteroatoms. The van der Waals surface area contributed by atoms with Crippen molar-refractivity contribution in [2.45, 2.75) is 0 Å². The van der Waals surface area contributed by atoms with Gasteiger partial charge in [-0.2, -0.15) is 5.10 Å². The van der Waals surface area contributed by atoms with E-state index >= 15 is 0 Å². The molecule has 0 saturated heterocycles. The zero-order chi connectivity index (χ0) is 17.9. The summed E-state index contributed by atoms with van der Waals surface area (Å²) >= 11 is 6.05. The summed E-state index contributed by atoms with van der Waals surface area (Å²) in [5.74, 6) is 0.828. The van der Waals surface area contributed by atoms with Crippen LogP contribution in [0.4, 0.5) is 0 Å². The summed E-state index contributed by atoms with van der Waals surface area (Å²) in [6.45, 7) is 0. The summed E-state index contributed by atoms with van der Waals surface area (Å²) in [5.41, 5.74) is 5.03. The molecule has 3 aromatic carbocycles. The monoisotopic (exact) mass is 360 g/mol. The molecule has 0 bridgehead atoms. The highest BCUT2D eigenvalue weighted by Gasteiger charge is 2.13. The third kappa shape index (κ3) is 3.22. The quantitative estimate of drug-likeness (QED) is 0.455. The molecule has 26 heavy (non-hydrogen) atoms. The van der Waals surface area contributed by atoms with Crippen molar-refractivity contribution in [1.82, 2.24) is 9.78 Å². The van der Waals surface area contributed by atoms with E-state index in [4.69, 9.17) is 21.4 Å². The van der Waals surface area contributed by atoms with Gasteiger partial charge in [-0.15, -0.1) is 0 Å². The topological polar surface area (TPSA) is 27.1 Å². The molecule has 0 aliphatic heterocycles. The standard InChI is InChI=1S/C22H17ClN2O/c1-26-20-13-9-16(10-14-20)21-15-22(17-7-11-18(23)12-8-17)25(24-21)19-5-3-2-4-6-19/h2-15H,1H3. The van der Waals surface area contributed by atoms with Gasteiger partial charge in [-0.25, -0.2) is 4.68 Å². The fraction of sp³-hybridized carbons (Fsp3) is 0.0455. The SMILES string of the molecule is COc1ccc(-c2cc(-c3ccc(Cl)cc3)n(-c3ccccc3)n2)cc1. The smallest absolute Gasteiger partial charge is 0.118 e. The minimum absolute atomic E-state index is 0.718. The Morgan fingerprint density at radius 1 is 0.808 bits per heavy atom. The van der Waals surface area contributed by atoms with E-state index in [0.717, 1.165) is 39.0 Å². The lowest BCUT2D eigenvalue weighted by atomic mass is 10.1. The molecule has 4 rings (SSSR count). The minimum atomic E-state index is 0.718. The van der Waals surface area contributed by atoms with Crippen LogP contribution in [0, 0.1) is 0 Å². The molecule has 128 valence electrons. The maximum Gasteiger partial charge on any atom is 0.118 e. The number of nitrogens with zero attached hydrogens (tertiary/aromatic N) is 2. The van der Waals surface area contributed by atoms with Crippen molar-refractivity contribution in [3.63, 3.8) is 0 Å². The van der Waals surface area contributed by atoms with Crippen molar-refractivity contribution in [2.24, 2.45) is 0 Å². The molecule has 0 spiro atoms. The number of para-hydroxylation sites is 1. The van der Waals surface area contributed by atoms with Crippen LogP contribution in [0.25, 0.3) is 28.2 Å². The average Bonchev–Trinajstić information content (AvgIpc) is 3.15. The Morgan fingerprint density at radius 2 is 1.46 bits per heavy atom. The summed E-state index contributed by atoms with van der Waals surface area (Å²) in [6.07, 6.45) is 0. The summed E-state index contributed by atoms with van der Waals surface area (Å²) in [5, 5.41) is 5.57. The third-order valence-corrected chi connectivity index (χ3v) is 4.49. The van der Waals surface area contributed by atoms with Gasteiger partial charge in [-0.3, -0.25) is 0 Å². The van der Waals surface area contributed by atoms with E-state index in [1.807, 2.05) is 83.5 Å². The van der Waals surface area contributed by atoms with E-state index in [1.54, 1.807) is 7.11 Å². The van der Waals surface area contributed by atoms with Crippen molar-refractivity contribution in [3.05, 3.63) is 90.0 Å². The van der Waals surface area contributed by atoms with Crippen molar-refractivity contribution in [2.75, 3.05) is 7.11 Å². The van der Waals surface area contributed by atoms with Gasteiger partial charge in [-0.1, -0.05) is 41.9 Å². The van der Waals surface area contributed by atoms with E-state index in [-0.39, 0.29) is 0 Å². The molecule has 4 aromatic rings. The molecule has 0 amide bonds. The molecule has 0 aliphatic carbocycles. The number of halogens is 1. The fourth-order valence-electron chi connectivity index (χ4n) is 2.88. The predicted molar refractivity (Wildman–Crippen MR) is 106 cm³/mol. The maximum atomic E-state index is 6.05. The number of rotatable bonds is 4. The molecule has 0 fully saturated rings. The van der Waals surface area contributed by atoms with Crippen LogP contribution in [-0.4, -0.2) is 16.9 Å². The van der Waals surface area contributed by atoms with Crippen LogP contribution < -0.4 is 4.74 Å². The van der Waals surface area contributed by atoms with Gasteiger partial charge in [0.2, 0.25) is 0 Å². The van der Waals surface area contributed by atoms with Gasteiger partial charge in [0, 0.05) is 16.1 Å². The number of benzene rings is 3. The minimum Gasteiger partial charge on any atom is -0.497 e. The summed E-state index contributed by atoms with van der Waals surface area (Å²) in [7, 11) is 1.66. The van der Waals surface area contributed by atoms with Crippen molar-refractivity contribution in [1.29, 1.82) is 0 Å². The van der Waals surface area contributed by atoms with Gasteiger partial charge in [0.05, 0.1) is 24.2 Å². The molecule has 0 radical (unpaired) electrons. The largest absolute Gasteiger partial charge is 0.497 e. The van der Waals surface area contributed by atoms with Gasteiger partial charge in [-0.05, 0) is 54.6 Å². The lowest BCUT2D eigenvalue weighted by molar-refractivity contribution is 0.415.